The van der Waals surface area contributed by atoms with Crippen molar-refractivity contribution in [2.75, 3.05) is 6.54 Å². The first-order valence-electron chi connectivity index (χ1n) is 8.39. The van der Waals surface area contributed by atoms with Crippen LogP contribution in [0.1, 0.15) is 43.1 Å². The Kier molecular flexibility index (Phi) is 6.45. The Balaban J connectivity index is 2.13. The summed E-state index contributed by atoms with van der Waals surface area (Å²) >= 11 is 0. The number of carboxylic acids is 1. The largest absolute Gasteiger partial charge is 0.481 e. The van der Waals surface area contributed by atoms with Gasteiger partial charge in [-0.3, -0.25) is 4.79 Å². The molecule has 0 unspecified atom stereocenters. The van der Waals surface area contributed by atoms with Crippen LogP contribution in [0.5, 0.6) is 0 Å². The fourth-order valence-electron chi connectivity index (χ4n) is 2.73. The number of aliphatic hydroxyl groups excluding tert-OH is 1. The highest BCUT2D eigenvalue weighted by atomic mass is 19.2. The molecule has 26 heavy (non-hydrogen) atoms. The molecule has 0 bridgehead atoms. The number of aliphatic hydroxyl groups is 1. The lowest BCUT2D eigenvalue weighted by atomic mass is 9.93. The van der Waals surface area contributed by atoms with Crippen molar-refractivity contribution < 1.29 is 23.8 Å². The number of nitrogens with one attached hydrogen (secondary N) is 1. The Morgan fingerprint density at radius 3 is 2.46 bits per heavy atom. The van der Waals surface area contributed by atoms with Gasteiger partial charge in [0.05, 0.1) is 6.10 Å². The molecule has 6 heteroatoms. The van der Waals surface area contributed by atoms with Crippen LogP contribution >= 0.6 is 0 Å². The van der Waals surface area contributed by atoms with Crippen molar-refractivity contribution in [1.82, 2.24) is 5.32 Å². The molecule has 2 rings (SSSR count). The molecule has 0 aromatic heterocycles. The van der Waals surface area contributed by atoms with Gasteiger partial charge in [0.1, 0.15) is 0 Å². The number of aryl methyl sites for hydroxylation is 1. The third-order valence-corrected chi connectivity index (χ3v) is 4.34. The number of carbonyl (C=O) groups is 1. The van der Waals surface area contributed by atoms with Crippen LogP contribution in [0.25, 0.3) is 0 Å². The summed E-state index contributed by atoms with van der Waals surface area (Å²) in [5.41, 5.74) is 0.677. The Labute approximate surface area is 151 Å². The minimum atomic E-state index is -1.27. The second-order valence-corrected chi connectivity index (χ2v) is 6.76. The Bertz CT molecular complexity index is 763. The summed E-state index contributed by atoms with van der Waals surface area (Å²) in [5.74, 6) is -3.23. The summed E-state index contributed by atoms with van der Waals surface area (Å²) in [4.78, 5) is 10.7. The van der Waals surface area contributed by atoms with Crippen LogP contribution < -0.4 is 5.32 Å². The molecule has 0 spiro atoms. The van der Waals surface area contributed by atoms with Crippen molar-refractivity contribution in [1.29, 1.82) is 0 Å². The number of halogens is 2. The van der Waals surface area contributed by atoms with Crippen LogP contribution in [0.2, 0.25) is 0 Å². The number of carboxylic acid groups (broad SMARTS) is 1. The molecule has 140 valence electrons. The molecule has 2 aromatic rings. The summed E-state index contributed by atoms with van der Waals surface area (Å²) in [6, 6.07) is 11.9. The van der Waals surface area contributed by atoms with Gasteiger partial charge < -0.3 is 15.5 Å². The van der Waals surface area contributed by atoms with E-state index in [-0.39, 0.29) is 24.9 Å². The lowest BCUT2D eigenvalue weighted by molar-refractivity contribution is -0.136. The fraction of sp³-hybridized carbons (Fsp3) is 0.350. The zero-order valence-electron chi connectivity index (χ0n) is 14.8. The van der Waals surface area contributed by atoms with Gasteiger partial charge in [0, 0.05) is 24.1 Å². The van der Waals surface area contributed by atoms with Crippen LogP contribution in [0, 0.1) is 11.6 Å². The molecular formula is C20H23F2NO3. The average molecular weight is 363 g/mol. The molecule has 0 radical (unpaired) electrons. The molecule has 0 saturated heterocycles. The van der Waals surface area contributed by atoms with Crippen molar-refractivity contribution in [2.45, 2.75) is 38.3 Å². The normalized spacial score (nSPS) is 12.8. The molecule has 4 nitrogen and oxygen atoms in total. The standard InChI is InChI=1S/C20H23F2NO3/c1-20(2,14-6-4-3-5-7-14)23-12-17(24)15-10-13(8-9-18(25)26)11-16(21)19(15)22/h3-7,10-11,17,23-24H,8-9,12H2,1-2H3,(H,25,26)/t17-/m1/s1. The molecule has 0 aliphatic heterocycles. The first-order chi connectivity index (χ1) is 12.2. The smallest absolute Gasteiger partial charge is 0.303 e. The maximum absolute atomic E-state index is 14.1. The molecule has 2 aromatic carbocycles. The van der Waals surface area contributed by atoms with Gasteiger partial charge in [-0.15, -0.1) is 0 Å². The van der Waals surface area contributed by atoms with Crippen LogP contribution in [0.4, 0.5) is 8.78 Å². The maximum Gasteiger partial charge on any atom is 0.303 e. The highest BCUT2D eigenvalue weighted by molar-refractivity contribution is 5.67. The van der Waals surface area contributed by atoms with Crippen LogP contribution in [0.3, 0.4) is 0 Å². The average Bonchev–Trinajstić information content (AvgIpc) is 2.61. The van der Waals surface area contributed by atoms with Gasteiger partial charge in [0.25, 0.3) is 0 Å². The molecule has 0 aliphatic carbocycles. The number of rotatable bonds is 8. The van der Waals surface area contributed by atoms with E-state index < -0.39 is 29.2 Å². The Morgan fingerprint density at radius 2 is 1.85 bits per heavy atom. The number of hydrogen-bond donors (Lipinski definition) is 3. The molecule has 3 N–H and O–H groups in total. The summed E-state index contributed by atoms with van der Waals surface area (Å²) in [5, 5.41) is 22.2. The van der Waals surface area contributed by atoms with E-state index >= 15 is 0 Å². The van der Waals surface area contributed by atoms with Gasteiger partial charge in [-0.05, 0) is 43.5 Å². The SMILES string of the molecule is CC(C)(NC[C@@H](O)c1cc(CCC(=O)O)cc(F)c1F)c1ccccc1. The van der Waals surface area contributed by atoms with Gasteiger partial charge >= 0.3 is 5.97 Å². The first kappa shape index (κ1) is 20.0. The second-order valence-electron chi connectivity index (χ2n) is 6.76. The van der Waals surface area contributed by atoms with Crippen LogP contribution in [-0.4, -0.2) is 22.7 Å². The Hall–Kier alpha value is -2.31. The number of benzene rings is 2. The van der Waals surface area contributed by atoms with E-state index in [1.165, 1.54) is 6.07 Å². The highest BCUT2D eigenvalue weighted by Gasteiger charge is 2.23. The third kappa shape index (κ3) is 5.09. The first-order valence-corrected chi connectivity index (χ1v) is 8.39. The van der Waals surface area contributed by atoms with E-state index in [9.17, 15) is 18.7 Å². The summed E-state index contributed by atoms with van der Waals surface area (Å²) in [6.07, 6.45) is -1.40. The summed E-state index contributed by atoms with van der Waals surface area (Å²) in [6.45, 7) is 3.87. The number of aliphatic carboxylic acids is 1. The summed E-state index contributed by atoms with van der Waals surface area (Å²) < 4.78 is 27.9. The molecule has 1 atom stereocenters. The zero-order valence-corrected chi connectivity index (χ0v) is 14.8. The van der Waals surface area contributed by atoms with E-state index in [1.54, 1.807) is 0 Å². The van der Waals surface area contributed by atoms with Crippen molar-refractivity contribution in [3.63, 3.8) is 0 Å². The fourth-order valence-corrected chi connectivity index (χ4v) is 2.73. The van der Waals surface area contributed by atoms with E-state index in [1.807, 2.05) is 44.2 Å². The van der Waals surface area contributed by atoms with Crippen molar-refractivity contribution in [3.05, 3.63) is 70.8 Å². The van der Waals surface area contributed by atoms with E-state index in [0.29, 0.717) is 5.56 Å². The van der Waals surface area contributed by atoms with E-state index in [0.717, 1.165) is 11.6 Å². The second kappa shape index (κ2) is 8.38. The van der Waals surface area contributed by atoms with Crippen molar-refractivity contribution in [2.24, 2.45) is 0 Å². The minimum Gasteiger partial charge on any atom is -0.481 e. The quantitative estimate of drug-likeness (QED) is 0.671. The van der Waals surface area contributed by atoms with Gasteiger partial charge in [-0.25, -0.2) is 8.78 Å². The lowest BCUT2D eigenvalue weighted by Gasteiger charge is -2.28. The van der Waals surface area contributed by atoms with Crippen molar-refractivity contribution in [3.8, 4) is 0 Å². The topological polar surface area (TPSA) is 69.6 Å². The van der Waals surface area contributed by atoms with E-state index in [4.69, 9.17) is 5.11 Å². The molecule has 0 amide bonds. The molecule has 0 heterocycles. The third-order valence-electron chi connectivity index (χ3n) is 4.34. The maximum atomic E-state index is 14.1. The highest BCUT2D eigenvalue weighted by Crippen LogP contribution is 2.25. The molecular weight excluding hydrogens is 340 g/mol. The van der Waals surface area contributed by atoms with Gasteiger partial charge in [0.15, 0.2) is 11.6 Å². The molecule has 0 saturated carbocycles. The zero-order chi connectivity index (χ0) is 19.3. The monoisotopic (exact) mass is 363 g/mol. The van der Waals surface area contributed by atoms with Gasteiger partial charge in [-0.1, -0.05) is 30.3 Å². The Morgan fingerprint density at radius 1 is 1.19 bits per heavy atom. The molecule has 0 aliphatic rings. The predicted molar refractivity (Wildman–Crippen MR) is 94.7 cm³/mol. The van der Waals surface area contributed by atoms with Crippen molar-refractivity contribution >= 4 is 5.97 Å². The molecule has 0 fully saturated rings. The predicted octanol–water partition coefficient (Wildman–Crippen LogP) is 3.54. The lowest BCUT2D eigenvalue weighted by Crippen LogP contribution is -2.39. The van der Waals surface area contributed by atoms with E-state index in [2.05, 4.69) is 5.32 Å². The van der Waals surface area contributed by atoms with Gasteiger partial charge in [-0.2, -0.15) is 0 Å². The van der Waals surface area contributed by atoms with Gasteiger partial charge in [0.2, 0.25) is 0 Å². The van der Waals surface area contributed by atoms with Crippen LogP contribution in [-0.2, 0) is 16.8 Å². The minimum absolute atomic E-state index is 0.0145. The van der Waals surface area contributed by atoms with Crippen LogP contribution in [0.15, 0.2) is 42.5 Å². The number of hydrogen-bond acceptors (Lipinski definition) is 3. The summed E-state index contributed by atoms with van der Waals surface area (Å²) in [7, 11) is 0.